The second-order valence-corrected chi connectivity index (χ2v) is 4.94. The second-order valence-electron chi connectivity index (χ2n) is 4.94. The Bertz CT molecular complexity index is 792. The Kier molecular flexibility index (Phi) is 16.1. The van der Waals surface area contributed by atoms with Crippen LogP contribution >= 0.6 is 0 Å². The van der Waals surface area contributed by atoms with Gasteiger partial charge in [-0.3, -0.25) is 24.1 Å². The van der Waals surface area contributed by atoms with E-state index in [0.717, 1.165) is 4.90 Å². The number of carbonyl (C=O) groups excluding carboxylic acids is 4. The molecule has 1 aliphatic heterocycles. The molecule has 1 aromatic rings. The van der Waals surface area contributed by atoms with Gasteiger partial charge in [0.2, 0.25) is 0 Å². The molecule has 3 amide bonds. The molecule has 0 saturated carbocycles. The summed E-state index contributed by atoms with van der Waals surface area (Å²) in [6.45, 7) is 17.0. The predicted molar refractivity (Wildman–Crippen MR) is 122 cm³/mol. The number of benzene rings is 1. The zero-order valence-electron chi connectivity index (χ0n) is 19.1. The molecule has 0 aromatic heterocycles. The van der Waals surface area contributed by atoms with Gasteiger partial charge in [0.1, 0.15) is 6.67 Å². The van der Waals surface area contributed by atoms with Crippen LogP contribution in [0.1, 0.15) is 69.2 Å². The lowest BCUT2D eigenvalue weighted by molar-refractivity contribution is -0.137. The molecule has 164 valence electrons. The summed E-state index contributed by atoms with van der Waals surface area (Å²) >= 11 is 0. The fraction of sp³-hybridized carbons (Fsp3) is 0.333. The molecule has 2 rings (SSSR count). The van der Waals surface area contributed by atoms with Gasteiger partial charge in [-0.2, -0.15) is 0 Å². The zero-order valence-corrected chi connectivity index (χ0v) is 19.1. The van der Waals surface area contributed by atoms with Crippen molar-refractivity contribution in [3.63, 3.8) is 0 Å². The lowest BCUT2D eigenvalue weighted by Gasteiger charge is -2.16. The Balaban J connectivity index is 0. The van der Waals surface area contributed by atoms with Crippen molar-refractivity contribution in [1.29, 1.82) is 0 Å². The summed E-state index contributed by atoms with van der Waals surface area (Å²) in [6, 6.07) is 6.26. The summed E-state index contributed by atoms with van der Waals surface area (Å²) in [6.07, 6.45) is 5.06. The zero-order chi connectivity index (χ0) is 23.7. The SMILES string of the molecule is C=CC1=C(/C=C\C)C(=O)N(CNC(=O)c2ccccc2C=O)C1=O.CC.CC.CC. The van der Waals surface area contributed by atoms with Crippen molar-refractivity contribution in [2.45, 2.75) is 48.5 Å². The molecule has 1 aliphatic rings. The summed E-state index contributed by atoms with van der Waals surface area (Å²) in [5, 5.41) is 2.49. The molecule has 0 saturated heterocycles. The minimum Gasteiger partial charge on any atom is -0.334 e. The van der Waals surface area contributed by atoms with E-state index in [9.17, 15) is 19.2 Å². The number of nitrogens with zero attached hydrogens (tertiary/aromatic N) is 1. The highest BCUT2D eigenvalue weighted by Gasteiger charge is 2.35. The van der Waals surface area contributed by atoms with Crippen LogP contribution in [0.25, 0.3) is 0 Å². The first-order valence-electron chi connectivity index (χ1n) is 10.2. The van der Waals surface area contributed by atoms with Crippen molar-refractivity contribution in [3.05, 3.63) is 71.3 Å². The van der Waals surface area contributed by atoms with Gasteiger partial charge in [0.25, 0.3) is 17.7 Å². The van der Waals surface area contributed by atoms with Crippen LogP contribution < -0.4 is 5.32 Å². The minimum atomic E-state index is -0.544. The summed E-state index contributed by atoms with van der Waals surface area (Å²) in [7, 11) is 0. The molecule has 0 atom stereocenters. The maximum atomic E-state index is 12.3. The number of hydrogen-bond acceptors (Lipinski definition) is 4. The molecule has 30 heavy (non-hydrogen) atoms. The van der Waals surface area contributed by atoms with Crippen molar-refractivity contribution in [1.82, 2.24) is 10.2 Å². The Labute approximate surface area is 180 Å². The van der Waals surface area contributed by atoms with Gasteiger partial charge >= 0.3 is 0 Å². The highest BCUT2D eigenvalue weighted by molar-refractivity contribution is 6.22. The predicted octanol–water partition coefficient (Wildman–Crippen LogP) is 4.69. The first-order chi connectivity index (χ1) is 14.5. The van der Waals surface area contributed by atoms with Crippen LogP contribution in [0.5, 0.6) is 0 Å². The Morgan fingerprint density at radius 3 is 2.03 bits per heavy atom. The highest BCUT2D eigenvalue weighted by Crippen LogP contribution is 2.22. The van der Waals surface area contributed by atoms with Crippen LogP contribution in [0.2, 0.25) is 0 Å². The minimum absolute atomic E-state index is 0.178. The number of imide groups is 1. The Morgan fingerprint density at radius 2 is 1.53 bits per heavy atom. The molecule has 0 fully saturated rings. The van der Waals surface area contributed by atoms with Gasteiger partial charge in [0.15, 0.2) is 6.29 Å². The third-order valence-corrected chi connectivity index (χ3v) is 3.51. The standard InChI is InChI=1S/C18H16N2O4.3C2H6/c1-3-7-15-13(4-2)17(23)20(18(15)24)11-19-16(22)14-9-6-5-8-12(14)10-21;3*1-2/h3-10H,2,11H2,1H3,(H,19,22);3*1-2H3/b7-3-;;;. The number of hydrogen-bond donors (Lipinski definition) is 1. The molecule has 1 aromatic carbocycles. The van der Waals surface area contributed by atoms with E-state index in [1.165, 1.54) is 24.3 Å². The van der Waals surface area contributed by atoms with E-state index in [-0.39, 0.29) is 28.9 Å². The normalized spacial score (nSPS) is 12.2. The topological polar surface area (TPSA) is 83.6 Å². The summed E-state index contributed by atoms with van der Waals surface area (Å²) < 4.78 is 0. The monoisotopic (exact) mass is 414 g/mol. The quantitative estimate of drug-likeness (QED) is 0.540. The molecule has 0 spiro atoms. The van der Waals surface area contributed by atoms with E-state index in [0.29, 0.717) is 6.29 Å². The third kappa shape index (κ3) is 7.28. The van der Waals surface area contributed by atoms with Gasteiger partial charge in [-0.25, -0.2) is 0 Å². The lowest BCUT2D eigenvalue weighted by Crippen LogP contribution is -2.42. The fourth-order valence-electron chi connectivity index (χ4n) is 2.33. The van der Waals surface area contributed by atoms with E-state index in [4.69, 9.17) is 0 Å². The maximum Gasteiger partial charge on any atom is 0.263 e. The van der Waals surface area contributed by atoms with Crippen LogP contribution in [-0.2, 0) is 9.59 Å². The van der Waals surface area contributed by atoms with E-state index in [1.807, 2.05) is 41.5 Å². The van der Waals surface area contributed by atoms with E-state index < -0.39 is 17.7 Å². The first-order valence-corrected chi connectivity index (χ1v) is 10.2. The van der Waals surface area contributed by atoms with E-state index in [2.05, 4.69) is 11.9 Å². The summed E-state index contributed by atoms with van der Waals surface area (Å²) in [5.74, 6) is -1.57. The van der Waals surface area contributed by atoms with Gasteiger partial charge in [0, 0.05) is 11.1 Å². The van der Waals surface area contributed by atoms with Gasteiger partial charge in [0.05, 0.1) is 11.1 Å². The largest absolute Gasteiger partial charge is 0.334 e. The van der Waals surface area contributed by atoms with Crippen molar-refractivity contribution in [2.24, 2.45) is 0 Å². The summed E-state index contributed by atoms with van der Waals surface area (Å²) in [4.78, 5) is 48.6. The van der Waals surface area contributed by atoms with Crippen LogP contribution in [-0.4, -0.2) is 35.6 Å². The summed E-state index contributed by atoms with van der Waals surface area (Å²) in [5.41, 5.74) is 0.839. The van der Waals surface area contributed by atoms with Crippen LogP contribution in [0.15, 0.2) is 60.2 Å². The molecule has 6 heteroatoms. The lowest BCUT2D eigenvalue weighted by atomic mass is 10.1. The van der Waals surface area contributed by atoms with Crippen molar-refractivity contribution in [2.75, 3.05) is 6.67 Å². The van der Waals surface area contributed by atoms with E-state index >= 15 is 0 Å². The average molecular weight is 415 g/mol. The fourth-order valence-corrected chi connectivity index (χ4v) is 2.33. The number of nitrogens with one attached hydrogen (secondary N) is 1. The van der Waals surface area contributed by atoms with Crippen molar-refractivity contribution in [3.8, 4) is 0 Å². The van der Waals surface area contributed by atoms with Gasteiger partial charge in [-0.05, 0) is 13.0 Å². The number of rotatable bonds is 6. The number of carbonyl (C=O) groups is 4. The second kappa shape index (κ2) is 16.7. The first kappa shape index (κ1) is 28.9. The van der Waals surface area contributed by atoms with Gasteiger partial charge in [-0.1, -0.05) is 84.5 Å². The maximum absolute atomic E-state index is 12.3. The van der Waals surface area contributed by atoms with Gasteiger partial charge < -0.3 is 5.32 Å². The molecule has 1 heterocycles. The molecule has 6 nitrogen and oxygen atoms in total. The number of amides is 3. The molecular formula is C24H34N2O4. The van der Waals surface area contributed by atoms with Crippen molar-refractivity contribution >= 4 is 24.0 Å². The highest BCUT2D eigenvalue weighted by atomic mass is 16.2. The van der Waals surface area contributed by atoms with E-state index in [1.54, 1.807) is 25.1 Å². The average Bonchev–Trinajstić information content (AvgIpc) is 3.04. The van der Waals surface area contributed by atoms with Crippen molar-refractivity contribution < 1.29 is 19.2 Å². The molecule has 0 bridgehead atoms. The molecule has 0 unspecified atom stereocenters. The molecule has 0 aliphatic carbocycles. The van der Waals surface area contributed by atoms with Crippen LogP contribution in [0.3, 0.4) is 0 Å². The molecular weight excluding hydrogens is 380 g/mol. The molecule has 0 radical (unpaired) electrons. The molecule has 1 N–H and O–H groups in total. The Hall–Kier alpha value is -3.28. The number of allylic oxidation sites excluding steroid dienone is 1. The Morgan fingerprint density at radius 1 is 1.00 bits per heavy atom. The third-order valence-electron chi connectivity index (χ3n) is 3.51. The van der Waals surface area contributed by atoms with Gasteiger partial charge in [-0.15, -0.1) is 0 Å². The van der Waals surface area contributed by atoms with Crippen LogP contribution in [0.4, 0.5) is 0 Å². The van der Waals surface area contributed by atoms with Crippen LogP contribution in [0, 0.1) is 0 Å². The smallest absolute Gasteiger partial charge is 0.263 e. The number of aldehydes is 1.